The molecule has 254 valence electrons. The Labute approximate surface area is 314 Å². The Morgan fingerprint density at radius 1 is 0.389 bits per heavy atom. The van der Waals surface area contributed by atoms with Crippen LogP contribution in [-0.2, 0) is 5.41 Å². The Bertz CT molecular complexity index is 3080. The summed E-state index contributed by atoms with van der Waals surface area (Å²) in [5.74, 6) is 0.635. The number of hydrogen-bond acceptors (Lipinski definition) is 2. The first kappa shape index (κ1) is 30.8. The second-order valence-corrected chi connectivity index (χ2v) is 15.0. The van der Waals surface area contributed by atoms with E-state index in [1.807, 2.05) is 24.3 Å². The quantitative estimate of drug-likeness (QED) is 0.172. The lowest BCUT2D eigenvalue weighted by atomic mass is 9.78. The highest BCUT2D eigenvalue weighted by molar-refractivity contribution is 6.25. The maximum atomic E-state index is 6.11. The topological polar surface area (TPSA) is 26.0 Å². The summed E-state index contributed by atoms with van der Waals surface area (Å²) < 4.78 is 6.11. The molecule has 9 aromatic carbocycles. The number of hydrogen-bond donors (Lipinski definition) is 0. The fourth-order valence-electron chi connectivity index (χ4n) is 9.12. The molecule has 0 fully saturated rings. The minimum absolute atomic E-state index is 0.137. The molecule has 0 atom stereocenters. The molecule has 2 nitrogen and oxygen atoms in total. The molecule has 1 aliphatic carbocycles. The van der Waals surface area contributed by atoms with Crippen LogP contribution in [0.1, 0.15) is 25.0 Å². The molecule has 1 heterocycles. The van der Waals surface area contributed by atoms with Gasteiger partial charge in [-0.25, -0.2) is 4.98 Å². The molecule has 0 aliphatic heterocycles. The van der Waals surface area contributed by atoms with Crippen molar-refractivity contribution in [2.75, 3.05) is 0 Å². The molecule has 0 bridgehead atoms. The van der Waals surface area contributed by atoms with E-state index >= 15 is 0 Å². The summed E-state index contributed by atoms with van der Waals surface area (Å²) in [7, 11) is 0. The van der Waals surface area contributed by atoms with E-state index in [2.05, 4.69) is 166 Å². The zero-order valence-corrected chi connectivity index (χ0v) is 30.1. The third-order valence-electron chi connectivity index (χ3n) is 11.7. The van der Waals surface area contributed by atoms with Crippen LogP contribution < -0.4 is 0 Å². The number of rotatable bonds is 4. The summed E-state index contributed by atoms with van der Waals surface area (Å²) >= 11 is 0. The molecule has 0 amide bonds. The number of para-hydroxylation sites is 2. The van der Waals surface area contributed by atoms with Crippen molar-refractivity contribution < 1.29 is 4.42 Å². The maximum Gasteiger partial charge on any atom is 0.227 e. The molecule has 0 radical (unpaired) electrons. The third-order valence-corrected chi connectivity index (χ3v) is 11.7. The number of oxazole rings is 1. The Hall–Kier alpha value is -6.77. The first-order chi connectivity index (χ1) is 26.5. The lowest BCUT2D eigenvalue weighted by Gasteiger charge is -2.24. The fourth-order valence-corrected chi connectivity index (χ4v) is 9.12. The number of nitrogens with zero attached hydrogens (tertiary/aromatic N) is 1. The molecule has 11 rings (SSSR count). The van der Waals surface area contributed by atoms with Crippen molar-refractivity contribution >= 4 is 43.4 Å². The van der Waals surface area contributed by atoms with Gasteiger partial charge in [0.05, 0.1) is 0 Å². The molecule has 10 aromatic rings. The van der Waals surface area contributed by atoms with Crippen molar-refractivity contribution in [3.8, 4) is 56.0 Å². The van der Waals surface area contributed by atoms with E-state index < -0.39 is 0 Å². The van der Waals surface area contributed by atoms with Crippen LogP contribution in [0.5, 0.6) is 0 Å². The van der Waals surface area contributed by atoms with E-state index in [0.29, 0.717) is 5.89 Å². The van der Waals surface area contributed by atoms with Gasteiger partial charge in [-0.05, 0) is 124 Å². The lowest BCUT2D eigenvalue weighted by Crippen LogP contribution is -2.15. The van der Waals surface area contributed by atoms with E-state index in [4.69, 9.17) is 9.40 Å². The van der Waals surface area contributed by atoms with Crippen LogP contribution in [0.2, 0.25) is 0 Å². The maximum absolute atomic E-state index is 6.11. The highest BCUT2D eigenvalue weighted by Crippen LogP contribution is 2.55. The van der Waals surface area contributed by atoms with E-state index in [-0.39, 0.29) is 5.41 Å². The van der Waals surface area contributed by atoms with Crippen LogP contribution in [0.15, 0.2) is 180 Å². The average Bonchev–Trinajstić information content (AvgIpc) is 3.76. The number of benzene rings is 9. The van der Waals surface area contributed by atoms with Gasteiger partial charge < -0.3 is 4.42 Å². The summed E-state index contributed by atoms with van der Waals surface area (Å²) in [6.45, 7) is 4.77. The van der Waals surface area contributed by atoms with Gasteiger partial charge in [0.1, 0.15) is 5.52 Å². The van der Waals surface area contributed by atoms with Crippen molar-refractivity contribution in [3.63, 3.8) is 0 Å². The summed E-state index contributed by atoms with van der Waals surface area (Å²) in [6, 6.07) is 63.9. The normalized spacial score (nSPS) is 13.1. The van der Waals surface area contributed by atoms with E-state index in [9.17, 15) is 0 Å². The first-order valence-electron chi connectivity index (χ1n) is 18.7. The van der Waals surface area contributed by atoms with Gasteiger partial charge in [-0.1, -0.05) is 153 Å². The van der Waals surface area contributed by atoms with E-state index in [0.717, 1.165) is 22.2 Å². The summed E-state index contributed by atoms with van der Waals surface area (Å²) in [5, 5.41) is 7.58. The van der Waals surface area contributed by atoms with Crippen molar-refractivity contribution in [2.45, 2.75) is 19.3 Å². The lowest BCUT2D eigenvalue weighted by molar-refractivity contribution is 0.620. The molecule has 0 saturated heterocycles. The van der Waals surface area contributed by atoms with Crippen LogP contribution in [0.25, 0.3) is 99.4 Å². The Morgan fingerprint density at radius 2 is 0.981 bits per heavy atom. The SMILES string of the molecule is CC1(C)c2ccccc2-c2c1cc(-c1c3ccccc3c(-c3ccccc3)c3ccc(-c4ccc(-c5nc6ccccc6o5)cc4)cc13)c1ccccc21. The Balaban J connectivity index is 1.20. The molecule has 1 aliphatic rings. The third kappa shape index (κ3) is 4.50. The van der Waals surface area contributed by atoms with Gasteiger partial charge in [-0.3, -0.25) is 0 Å². The van der Waals surface area contributed by atoms with Gasteiger partial charge in [-0.15, -0.1) is 0 Å². The zero-order valence-electron chi connectivity index (χ0n) is 30.1. The Morgan fingerprint density at radius 3 is 1.76 bits per heavy atom. The average molecular weight is 690 g/mol. The van der Waals surface area contributed by atoms with Gasteiger partial charge in [-0.2, -0.15) is 0 Å². The summed E-state index contributed by atoms with van der Waals surface area (Å²) in [5.41, 5.74) is 15.3. The predicted molar refractivity (Wildman–Crippen MR) is 226 cm³/mol. The molecule has 2 heteroatoms. The highest BCUT2D eigenvalue weighted by atomic mass is 16.3. The smallest absolute Gasteiger partial charge is 0.227 e. The van der Waals surface area contributed by atoms with Crippen molar-refractivity contribution in [1.82, 2.24) is 4.98 Å². The van der Waals surface area contributed by atoms with E-state index in [1.54, 1.807) is 0 Å². The molecule has 0 unspecified atom stereocenters. The van der Waals surface area contributed by atoms with E-state index in [1.165, 1.54) is 82.4 Å². The van der Waals surface area contributed by atoms with Gasteiger partial charge in [0.25, 0.3) is 0 Å². The molecule has 0 saturated carbocycles. The van der Waals surface area contributed by atoms with Gasteiger partial charge >= 0.3 is 0 Å². The second kappa shape index (κ2) is 11.6. The van der Waals surface area contributed by atoms with Crippen LogP contribution in [-0.4, -0.2) is 4.98 Å². The van der Waals surface area contributed by atoms with Gasteiger partial charge in [0.15, 0.2) is 5.58 Å². The highest BCUT2D eigenvalue weighted by Gasteiger charge is 2.37. The van der Waals surface area contributed by atoms with Crippen molar-refractivity contribution in [2.24, 2.45) is 0 Å². The van der Waals surface area contributed by atoms with Crippen LogP contribution >= 0.6 is 0 Å². The monoisotopic (exact) mass is 689 g/mol. The van der Waals surface area contributed by atoms with Crippen LogP contribution in [0.4, 0.5) is 0 Å². The molecule has 0 spiro atoms. The first-order valence-corrected chi connectivity index (χ1v) is 18.7. The standard InChI is InChI=1S/C52H35NO/c1-52(2)44-21-11-10-20-41(44)50-37-17-7-6-16-36(37)43(31-45(50)52)49-39-19-9-8-18-38(39)48(33-14-4-3-5-15-33)40-29-28-35(30-42(40)49)32-24-26-34(27-25-32)51-53-46-22-12-13-23-47(46)54-51/h3-31H,1-2H3. The number of fused-ring (bicyclic) bond motifs is 8. The number of aromatic nitrogens is 1. The molecular weight excluding hydrogens is 655 g/mol. The molecule has 54 heavy (non-hydrogen) atoms. The predicted octanol–water partition coefficient (Wildman–Crippen LogP) is 14.3. The second-order valence-electron chi connectivity index (χ2n) is 15.0. The van der Waals surface area contributed by atoms with Crippen LogP contribution in [0, 0.1) is 0 Å². The molecular formula is C52H35NO. The van der Waals surface area contributed by atoms with Crippen LogP contribution in [0.3, 0.4) is 0 Å². The largest absolute Gasteiger partial charge is 0.436 e. The zero-order chi connectivity index (χ0) is 36.0. The van der Waals surface area contributed by atoms with Crippen molar-refractivity contribution in [3.05, 3.63) is 187 Å². The van der Waals surface area contributed by atoms with Crippen molar-refractivity contribution in [1.29, 1.82) is 0 Å². The van der Waals surface area contributed by atoms with Gasteiger partial charge in [0, 0.05) is 11.0 Å². The fraction of sp³-hybridized carbons (Fsp3) is 0.0577. The summed E-state index contributed by atoms with van der Waals surface area (Å²) in [6.07, 6.45) is 0. The minimum Gasteiger partial charge on any atom is -0.436 e. The van der Waals surface area contributed by atoms with Gasteiger partial charge in [0.2, 0.25) is 5.89 Å². The molecule has 0 N–H and O–H groups in total. The summed E-state index contributed by atoms with van der Waals surface area (Å²) in [4.78, 5) is 4.75. The minimum atomic E-state index is -0.137. The molecule has 1 aromatic heterocycles. The Kier molecular flexibility index (Phi) is 6.63.